The van der Waals surface area contributed by atoms with E-state index in [9.17, 15) is 9.59 Å². The lowest BCUT2D eigenvalue weighted by atomic mass is 10.1. The van der Waals surface area contributed by atoms with Crippen molar-refractivity contribution in [2.75, 3.05) is 13.2 Å². The van der Waals surface area contributed by atoms with Gasteiger partial charge in [-0.25, -0.2) is 0 Å². The van der Waals surface area contributed by atoms with E-state index in [1.807, 2.05) is 20.8 Å². The molecule has 0 atom stereocenters. The molecular formula is C15H22N2O3. The van der Waals surface area contributed by atoms with Crippen LogP contribution in [0, 0.1) is 13.8 Å². The minimum absolute atomic E-state index is 0.0440. The molecule has 0 aromatic carbocycles. The molecule has 0 spiro atoms. The number of amides is 1. The zero-order chi connectivity index (χ0) is 15.3. The first-order valence-electron chi connectivity index (χ1n) is 6.77. The Kier molecular flexibility index (Phi) is 5.67. The Labute approximate surface area is 119 Å². The van der Waals surface area contributed by atoms with Crippen LogP contribution in [0.15, 0.2) is 12.1 Å². The SMILES string of the molecule is CCOC(=O)CN(C(=O)c1ccc(C)nc1C)C(C)C. The van der Waals surface area contributed by atoms with E-state index in [2.05, 4.69) is 4.98 Å². The van der Waals surface area contributed by atoms with Crippen LogP contribution in [0.25, 0.3) is 0 Å². The molecule has 0 aliphatic heterocycles. The second kappa shape index (κ2) is 7.03. The molecule has 0 saturated carbocycles. The third-order valence-corrected chi connectivity index (χ3v) is 2.94. The lowest BCUT2D eigenvalue weighted by Gasteiger charge is -2.26. The molecular weight excluding hydrogens is 256 g/mol. The second-order valence-electron chi connectivity index (χ2n) is 4.92. The van der Waals surface area contributed by atoms with Gasteiger partial charge in [0.25, 0.3) is 5.91 Å². The molecule has 0 aliphatic rings. The number of rotatable bonds is 5. The maximum absolute atomic E-state index is 12.5. The highest BCUT2D eigenvalue weighted by atomic mass is 16.5. The predicted molar refractivity (Wildman–Crippen MR) is 76.5 cm³/mol. The predicted octanol–water partition coefficient (Wildman–Crippen LogP) is 2.11. The topological polar surface area (TPSA) is 59.5 Å². The first kappa shape index (κ1) is 16.1. The fourth-order valence-electron chi connectivity index (χ4n) is 1.90. The summed E-state index contributed by atoms with van der Waals surface area (Å²) in [5, 5.41) is 0. The number of esters is 1. The van der Waals surface area contributed by atoms with E-state index in [1.54, 1.807) is 26.0 Å². The van der Waals surface area contributed by atoms with Crippen LogP contribution in [-0.4, -0.2) is 41.0 Å². The molecule has 0 radical (unpaired) electrons. The molecule has 0 fully saturated rings. The van der Waals surface area contributed by atoms with Crippen molar-refractivity contribution in [1.82, 2.24) is 9.88 Å². The maximum atomic E-state index is 12.5. The van der Waals surface area contributed by atoms with Crippen molar-refractivity contribution in [2.24, 2.45) is 0 Å². The van der Waals surface area contributed by atoms with Crippen LogP contribution in [0.2, 0.25) is 0 Å². The average molecular weight is 278 g/mol. The van der Waals surface area contributed by atoms with Gasteiger partial charge in [0.2, 0.25) is 0 Å². The van der Waals surface area contributed by atoms with Crippen LogP contribution in [0.4, 0.5) is 0 Å². The number of aryl methyl sites for hydroxylation is 2. The van der Waals surface area contributed by atoms with Gasteiger partial charge in [-0.15, -0.1) is 0 Å². The Morgan fingerprint density at radius 1 is 1.30 bits per heavy atom. The number of ether oxygens (including phenoxy) is 1. The summed E-state index contributed by atoms with van der Waals surface area (Å²) in [7, 11) is 0. The summed E-state index contributed by atoms with van der Waals surface area (Å²) < 4.78 is 4.91. The van der Waals surface area contributed by atoms with Gasteiger partial charge in [-0.2, -0.15) is 0 Å². The molecule has 1 aromatic heterocycles. The molecule has 0 bridgehead atoms. The van der Waals surface area contributed by atoms with E-state index in [4.69, 9.17) is 4.74 Å². The third kappa shape index (κ3) is 4.05. The van der Waals surface area contributed by atoms with Crippen molar-refractivity contribution < 1.29 is 14.3 Å². The first-order chi connectivity index (χ1) is 9.36. The number of aromatic nitrogens is 1. The largest absolute Gasteiger partial charge is 0.465 e. The maximum Gasteiger partial charge on any atom is 0.325 e. The van der Waals surface area contributed by atoms with Gasteiger partial charge >= 0.3 is 5.97 Å². The van der Waals surface area contributed by atoms with Gasteiger partial charge in [-0.3, -0.25) is 14.6 Å². The standard InChI is InChI=1S/C15H22N2O3/c1-6-20-14(18)9-17(10(2)3)15(19)13-8-7-11(4)16-12(13)5/h7-8,10H,6,9H2,1-5H3. The minimum Gasteiger partial charge on any atom is -0.465 e. The molecule has 5 nitrogen and oxygen atoms in total. The number of carbonyl (C=O) groups is 2. The van der Waals surface area contributed by atoms with E-state index in [-0.39, 0.29) is 18.5 Å². The van der Waals surface area contributed by atoms with Crippen LogP contribution in [0.1, 0.15) is 42.5 Å². The quantitative estimate of drug-likeness (QED) is 0.774. The Hall–Kier alpha value is -1.91. The highest BCUT2D eigenvalue weighted by Gasteiger charge is 2.23. The summed E-state index contributed by atoms with van der Waals surface area (Å²) in [5.74, 6) is -0.592. The summed E-state index contributed by atoms with van der Waals surface area (Å²) in [6.45, 7) is 9.42. The van der Waals surface area contributed by atoms with E-state index in [1.165, 1.54) is 4.90 Å². The van der Waals surface area contributed by atoms with Crippen molar-refractivity contribution in [3.63, 3.8) is 0 Å². The molecule has 0 unspecified atom stereocenters. The molecule has 20 heavy (non-hydrogen) atoms. The molecule has 1 rings (SSSR count). The number of pyridine rings is 1. The number of nitrogens with zero attached hydrogens (tertiary/aromatic N) is 2. The van der Waals surface area contributed by atoms with Gasteiger partial charge in [0.15, 0.2) is 0 Å². The fraction of sp³-hybridized carbons (Fsp3) is 0.533. The van der Waals surface area contributed by atoms with E-state index < -0.39 is 5.97 Å². The number of hydrogen-bond donors (Lipinski definition) is 0. The van der Waals surface area contributed by atoms with Gasteiger partial charge in [0.1, 0.15) is 6.54 Å². The van der Waals surface area contributed by atoms with E-state index in [0.29, 0.717) is 17.9 Å². The van der Waals surface area contributed by atoms with Crippen molar-refractivity contribution in [2.45, 2.75) is 40.7 Å². The molecule has 0 aliphatic carbocycles. The van der Waals surface area contributed by atoms with Crippen LogP contribution in [-0.2, 0) is 9.53 Å². The van der Waals surface area contributed by atoms with Gasteiger partial charge in [0, 0.05) is 11.7 Å². The molecule has 1 heterocycles. The summed E-state index contributed by atoms with van der Waals surface area (Å²) in [6, 6.07) is 3.46. The minimum atomic E-state index is -0.396. The second-order valence-corrected chi connectivity index (χ2v) is 4.92. The van der Waals surface area contributed by atoms with Crippen LogP contribution < -0.4 is 0 Å². The average Bonchev–Trinajstić information content (AvgIpc) is 2.35. The van der Waals surface area contributed by atoms with Crippen molar-refractivity contribution in [3.8, 4) is 0 Å². The molecule has 110 valence electrons. The highest BCUT2D eigenvalue weighted by Crippen LogP contribution is 2.12. The molecule has 0 N–H and O–H groups in total. The Morgan fingerprint density at radius 2 is 1.95 bits per heavy atom. The normalized spacial score (nSPS) is 10.5. The van der Waals surface area contributed by atoms with Gasteiger partial charge < -0.3 is 9.64 Å². The molecule has 0 saturated heterocycles. The Bertz CT molecular complexity index is 498. The lowest BCUT2D eigenvalue weighted by Crippen LogP contribution is -2.41. The Morgan fingerprint density at radius 3 is 2.45 bits per heavy atom. The Balaban J connectivity index is 2.96. The van der Waals surface area contributed by atoms with Crippen molar-refractivity contribution >= 4 is 11.9 Å². The van der Waals surface area contributed by atoms with Gasteiger partial charge in [-0.1, -0.05) is 0 Å². The van der Waals surface area contributed by atoms with Crippen LogP contribution >= 0.6 is 0 Å². The summed E-state index contributed by atoms with van der Waals surface area (Å²) >= 11 is 0. The summed E-state index contributed by atoms with van der Waals surface area (Å²) in [6.07, 6.45) is 0. The summed E-state index contributed by atoms with van der Waals surface area (Å²) in [4.78, 5) is 29.9. The zero-order valence-electron chi connectivity index (χ0n) is 12.8. The molecule has 1 aromatic rings. The van der Waals surface area contributed by atoms with Crippen LogP contribution in [0.5, 0.6) is 0 Å². The van der Waals surface area contributed by atoms with E-state index in [0.717, 1.165) is 5.69 Å². The first-order valence-corrected chi connectivity index (χ1v) is 6.77. The highest BCUT2D eigenvalue weighted by molar-refractivity contribution is 5.97. The zero-order valence-corrected chi connectivity index (χ0v) is 12.8. The monoisotopic (exact) mass is 278 g/mol. The number of hydrogen-bond acceptors (Lipinski definition) is 4. The number of carbonyl (C=O) groups excluding carboxylic acids is 2. The van der Waals surface area contributed by atoms with Gasteiger partial charge in [0.05, 0.1) is 17.9 Å². The third-order valence-electron chi connectivity index (χ3n) is 2.94. The lowest BCUT2D eigenvalue weighted by molar-refractivity contribution is -0.144. The van der Waals surface area contributed by atoms with E-state index >= 15 is 0 Å². The van der Waals surface area contributed by atoms with Gasteiger partial charge in [-0.05, 0) is 46.8 Å². The van der Waals surface area contributed by atoms with Crippen molar-refractivity contribution in [3.05, 3.63) is 29.1 Å². The van der Waals surface area contributed by atoms with Crippen molar-refractivity contribution in [1.29, 1.82) is 0 Å². The smallest absolute Gasteiger partial charge is 0.325 e. The fourth-order valence-corrected chi connectivity index (χ4v) is 1.90. The summed E-state index contributed by atoms with van der Waals surface area (Å²) in [5.41, 5.74) is 2.05. The molecule has 5 heteroatoms. The molecule has 1 amide bonds. The van der Waals surface area contributed by atoms with Crippen LogP contribution in [0.3, 0.4) is 0 Å².